The quantitative estimate of drug-likeness (QED) is 0.805. The van der Waals surface area contributed by atoms with Gasteiger partial charge in [-0.1, -0.05) is 0 Å². The van der Waals surface area contributed by atoms with Gasteiger partial charge < -0.3 is 5.32 Å². The van der Waals surface area contributed by atoms with Crippen molar-refractivity contribution in [3.63, 3.8) is 0 Å². The van der Waals surface area contributed by atoms with Crippen LogP contribution < -0.4 is 5.32 Å². The van der Waals surface area contributed by atoms with Crippen molar-refractivity contribution in [3.05, 3.63) is 29.8 Å². The van der Waals surface area contributed by atoms with Crippen LogP contribution in [0.3, 0.4) is 0 Å². The van der Waals surface area contributed by atoms with Gasteiger partial charge in [-0.05, 0) is 37.1 Å². The number of amides is 1. The van der Waals surface area contributed by atoms with E-state index in [9.17, 15) is 13.2 Å². The summed E-state index contributed by atoms with van der Waals surface area (Å²) in [4.78, 5) is 12.7. The minimum atomic E-state index is -2.99. The van der Waals surface area contributed by atoms with Gasteiger partial charge in [0.15, 0.2) is 9.84 Å². The first-order valence-electron chi connectivity index (χ1n) is 5.76. The monoisotopic (exact) mass is 285 g/mol. The fraction of sp³-hybridized carbons (Fsp3) is 0.417. The SMILES string of the molecule is O=C(NC1CCCS(=O)(=O)C1)c1ccc(S)cc1. The molecule has 1 amide bonds. The molecule has 1 fully saturated rings. The van der Waals surface area contributed by atoms with E-state index in [0.717, 1.165) is 11.3 Å². The van der Waals surface area contributed by atoms with Gasteiger partial charge in [0.25, 0.3) is 5.91 Å². The summed E-state index contributed by atoms with van der Waals surface area (Å²) in [6.45, 7) is 0. The number of nitrogens with one attached hydrogen (secondary N) is 1. The van der Waals surface area contributed by atoms with Crippen molar-refractivity contribution in [2.45, 2.75) is 23.8 Å². The Morgan fingerprint density at radius 2 is 1.94 bits per heavy atom. The summed E-state index contributed by atoms with van der Waals surface area (Å²) in [6, 6.07) is 6.54. The van der Waals surface area contributed by atoms with E-state index in [0.29, 0.717) is 12.0 Å². The topological polar surface area (TPSA) is 63.2 Å². The van der Waals surface area contributed by atoms with Crippen molar-refractivity contribution in [1.82, 2.24) is 5.32 Å². The summed E-state index contributed by atoms with van der Waals surface area (Å²) in [7, 11) is -2.99. The number of hydrogen-bond acceptors (Lipinski definition) is 4. The Balaban J connectivity index is 2.01. The molecule has 0 spiro atoms. The molecule has 0 radical (unpaired) electrons. The van der Waals surface area contributed by atoms with Crippen LogP contribution in [-0.2, 0) is 9.84 Å². The number of carbonyl (C=O) groups excluding carboxylic acids is 1. The van der Waals surface area contributed by atoms with Crippen LogP contribution in [-0.4, -0.2) is 31.9 Å². The van der Waals surface area contributed by atoms with E-state index < -0.39 is 9.84 Å². The maximum atomic E-state index is 11.9. The highest BCUT2D eigenvalue weighted by atomic mass is 32.2. The zero-order valence-corrected chi connectivity index (χ0v) is 11.5. The van der Waals surface area contributed by atoms with Crippen LogP contribution in [0.25, 0.3) is 0 Å². The number of hydrogen-bond donors (Lipinski definition) is 2. The number of rotatable bonds is 2. The zero-order valence-electron chi connectivity index (χ0n) is 9.80. The highest BCUT2D eigenvalue weighted by Crippen LogP contribution is 2.13. The predicted octanol–water partition coefficient (Wildman–Crippen LogP) is 1.28. The van der Waals surface area contributed by atoms with Crippen LogP contribution in [0.1, 0.15) is 23.2 Å². The molecule has 6 heteroatoms. The van der Waals surface area contributed by atoms with Gasteiger partial charge in [0, 0.05) is 16.5 Å². The molecule has 18 heavy (non-hydrogen) atoms. The molecule has 0 aromatic heterocycles. The minimum absolute atomic E-state index is 0.0450. The van der Waals surface area contributed by atoms with E-state index in [1.54, 1.807) is 24.3 Å². The molecule has 1 atom stereocenters. The maximum absolute atomic E-state index is 11.9. The average molecular weight is 285 g/mol. The van der Waals surface area contributed by atoms with Gasteiger partial charge in [-0.2, -0.15) is 0 Å². The molecule has 4 nitrogen and oxygen atoms in total. The Bertz CT molecular complexity index is 537. The van der Waals surface area contributed by atoms with E-state index in [4.69, 9.17) is 0 Å². The molecule has 1 heterocycles. The largest absolute Gasteiger partial charge is 0.348 e. The van der Waals surface area contributed by atoms with E-state index in [1.165, 1.54) is 0 Å². The number of benzene rings is 1. The van der Waals surface area contributed by atoms with Gasteiger partial charge in [-0.15, -0.1) is 12.6 Å². The van der Waals surface area contributed by atoms with Crippen LogP contribution >= 0.6 is 12.6 Å². The molecule has 1 aromatic carbocycles. The fourth-order valence-electron chi connectivity index (χ4n) is 2.02. The molecule has 1 unspecified atom stereocenters. The molecule has 0 bridgehead atoms. The van der Waals surface area contributed by atoms with Crippen molar-refractivity contribution in [3.8, 4) is 0 Å². The van der Waals surface area contributed by atoms with Crippen molar-refractivity contribution in [2.75, 3.05) is 11.5 Å². The second kappa shape index (κ2) is 5.32. The lowest BCUT2D eigenvalue weighted by atomic mass is 10.1. The van der Waals surface area contributed by atoms with Crippen LogP contribution in [0.2, 0.25) is 0 Å². The Kier molecular flexibility index (Phi) is 3.97. The number of sulfone groups is 1. The second-order valence-electron chi connectivity index (χ2n) is 4.47. The lowest BCUT2D eigenvalue weighted by molar-refractivity contribution is 0.0938. The third-order valence-corrected chi connectivity index (χ3v) is 5.05. The van der Waals surface area contributed by atoms with Crippen molar-refractivity contribution in [1.29, 1.82) is 0 Å². The van der Waals surface area contributed by atoms with E-state index >= 15 is 0 Å². The van der Waals surface area contributed by atoms with Crippen molar-refractivity contribution >= 4 is 28.4 Å². The first kappa shape index (κ1) is 13.4. The van der Waals surface area contributed by atoms with Crippen LogP contribution in [0.4, 0.5) is 0 Å². The second-order valence-corrected chi connectivity index (χ2v) is 7.22. The Morgan fingerprint density at radius 1 is 1.28 bits per heavy atom. The average Bonchev–Trinajstić information content (AvgIpc) is 2.28. The molecule has 1 saturated heterocycles. The summed E-state index contributed by atoms with van der Waals surface area (Å²) in [5, 5.41) is 2.77. The van der Waals surface area contributed by atoms with Crippen molar-refractivity contribution in [2.24, 2.45) is 0 Å². The molecule has 0 saturated carbocycles. The first-order chi connectivity index (χ1) is 8.46. The van der Waals surface area contributed by atoms with Gasteiger partial charge >= 0.3 is 0 Å². The van der Waals surface area contributed by atoms with Crippen LogP contribution in [0.15, 0.2) is 29.2 Å². The molecule has 2 rings (SSSR count). The standard InChI is InChI=1S/C12H15NO3S2/c14-12(9-3-5-11(17)6-4-9)13-10-2-1-7-18(15,16)8-10/h3-6,10,17H,1-2,7-8H2,(H,13,14). The van der Waals surface area contributed by atoms with Gasteiger partial charge in [0.2, 0.25) is 0 Å². The summed E-state index contributed by atoms with van der Waals surface area (Å²) < 4.78 is 22.9. The molecule has 1 N–H and O–H groups in total. The summed E-state index contributed by atoms with van der Waals surface area (Å²) in [5.74, 6) is 0.0438. The lowest BCUT2D eigenvalue weighted by Gasteiger charge is -2.23. The Morgan fingerprint density at radius 3 is 2.56 bits per heavy atom. The minimum Gasteiger partial charge on any atom is -0.348 e. The van der Waals surface area contributed by atoms with Gasteiger partial charge in [-0.3, -0.25) is 4.79 Å². The molecule has 1 aliphatic rings. The molecule has 98 valence electrons. The smallest absolute Gasteiger partial charge is 0.251 e. The number of thiol groups is 1. The normalized spacial score (nSPS) is 22.4. The summed E-state index contributed by atoms with van der Waals surface area (Å²) in [5.41, 5.74) is 0.524. The Labute approximate surface area is 112 Å². The summed E-state index contributed by atoms with van der Waals surface area (Å²) in [6.07, 6.45) is 1.33. The highest BCUT2D eigenvalue weighted by Gasteiger charge is 2.25. The van der Waals surface area contributed by atoms with Crippen LogP contribution in [0.5, 0.6) is 0 Å². The lowest BCUT2D eigenvalue weighted by Crippen LogP contribution is -2.43. The summed E-state index contributed by atoms with van der Waals surface area (Å²) >= 11 is 4.14. The highest BCUT2D eigenvalue weighted by molar-refractivity contribution is 7.91. The van der Waals surface area contributed by atoms with Gasteiger partial charge in [-0.25, -0.2) is 8.42 Å². The molecule has 0 aliphatic carbocycles. The third kappa shape index (κ3) is 3.49. The number of carbonyl (C=O) groups is 1. The van der Waals surface area contributed by atoms with Crippen molar-refractivity contribution < 1.29 is 13.2 Å². The zero-order chi connectivity index (χ0) is 13.2. The van der Waals surface area contributed by atoms with E-state index in [1.807, 2.05) is 0 Å². The molecule has 1 aromatic rings. The first-order valence-corrected chi connectivity index (χ1v) is 8.03. The fourth-order valence-corrected chi connectivity index (χ4v) is 3.80. The van der Waals surface area contributed by atoms with Crippen LogP contribution in [0, 0.1) is 0 Å². The molecule has 1 aliphatic heterocycles. The van der Waals surface area contributed by atoms with Gasteiger partial charge in [0.1, 0.15) is 0 Å². The molecular weight excluding hydrogens is 270 g/mol. The van der Waals surface area contributed by atoms with Gasteiger partial charge in [0.05, 0.1) is 11.5 Å². The third-order valence-electron chi connectivity index (χ3n) is 2.93. The Hall–Kier alpha value is -1.01. The molecular formula is C12H15NO3S2. The van der Waals surface area contributed by atoms with E-state index in [-0.39, 0.29) is 23.5 Å². The maximum Gasteiger partial charge on any atom is 0.251 e. The van der Waals surface area contributed by atoms with E-state index in [2.05, 4.69) is 17.9 Å². The predicted molar refractivity (Wildman–Crippen MR) is 72.8 cm³/mol.